The topological polar surface area (TPSA) is 73.1 Å². The lowest BCUT2D eigenvalue weighted by atomic mass is 9.92. The smallest absolute Gasteiger partial charge is 0.272 e. The van der Waals surface area contributed by atoms with Crippen LogP contribution in [0.25, 0.3) is 0 Å². The lowest BCUT2D eigenvalue weighted by molar-refractivity contribution is 0.0694. The predicted molar refractivity (Wildman–Crippen MR) is 108 cm³/mol. The van der Waals surface area contributed by atoms with E-state index in [1.54, 1.807) is 35.8 Å². The van der Waals surface area contributed by atoms with Crippen molar-refractivity contribution < 1.29 is 9.53 Å². The SMILES string of the molecule is Cc1cnc(SC[C@@H]2CCCO2)nc1[C@@H]1CCCN(C(=O)c2ccnn2C)C1. The summed E-state index contributed by atoms with van der Waals surface area (Å²) in [4.78, 5) is 24.2. The zero-order chi connectivity index (χ0) is 19.5. The number of aryl methyl sites for hydroxylation is 2. The molecule has 0 spiro atoms. The molecule has 2 aliphatic rings. The zero-order valence-corrected chi connectivity index (χ0v) is 17.3. The van der Waals surface area contributed by atoms with Crippen molar-refractivity contribution in [2.45, 2.75) is 49.8 Å². The largest absolute Gasteiger partial charge is 0.377 e. The third-order valence-electron chi connectivity index (χ3n) is 5.55. The molecule has 8 heteroatoms. The number of hydrogen-bond acceptors (Lipinski definition) is 6. The van der Waals surface area contributed by atoms with Crippen LogP contribution in [0.2, 0.25) is 0 Å². The summed E-state index contributed by atoms with van der Waals surface area (Å²) in [5.74, 6) is 1.19. The van der Waals surface area contributed by atoms with E-state index in [1.807, 2.05) is 11.1 Å². The number of thioether (sulfide) groups is 1. The minimum Gasteiger partial charge on any atom is -0.377 e. The summed E-state index contributed by atoms with van der Waals surface area (Å²) in [5.41, 5.74) is 2.81. The van der Waals surface area contributed by atoms with Gasteiger partial charge in [0, 0.05) is 50.8 Å². The molecule has 1 amide bonds. The summed E-state index contributed by atoms with van der Waals surface area (Å²) in [6.45, 7) is 4.41. The standard InChI is InChI=1S/C20H27N5O2S/c1-14-11-21-20(28-13-16-6-4-10-27-16)23-18(14)15-5-3-9-25(12-15)19(26)17-7-8-22-24(17)2/h7-8,11,15-16H,3-6,9-10,12-13H2,1-2H3/t15-,16+/m1/s1. The number of aromatic nitrogens is 4. The Hall–Kier alpha value is -1.93. The van der Waals surface area contributed by atoms with Gasteiger partial charge in [-0.3, -0.25) is 9.48 Å². The molecule has 2 aromatic rings. The summed E-state index contributed by atoms with van der Waals surface area (Å²) in [6, 6.07) is 1.78. The highest BCUT2D eigenvalue weighted by Crippen LogP contribution is 2.30. The van der Waals surface area contributed by atoms with Gasteiger partial charge in [0.25, 0.3) is 5.91 Å². The van der Waals surface area contributed by atoms with Gasteiger partial charge in [-0.05, 0) is 44.2 Å². The summed E-state index contributed by atoms with van der Waals surface area (Å²) in [6.07, 6.45) is 8.20. The summed E-state index contributed by atoms with van der Waals surface area (Å²) < 4.78 is 7.34. The Morgan fingerprint density at radius 3 is 3.00 bits per heavy atom. The molecule has 0 bridgehead atoms. The number of hydrogen-bond donors (Lipinski definition) is 0. The van der Waals surface area contributed by atoms with Gasteiger partial charge in [-0.15, -0.1) is 0 Å². The van der Waals surface area contributed by atoms with Crippen LogP contribution in [0.5, 0.6) is 0 Å². The molecule has 2 aromatic heterocycles. The molecule has 0 N–H and O–H groups in total. The first-order valence-electron chi connectivity index (χ1n) is 9.97. The quantitative estimate of drug-likeness (QED) is 0.567. The van der Waals surface area contributed by atoms with Crippen molar-refractivity contribution in [3.63, 3.8) is 0 Å². The highest BCUT2D eigenvalue weighted by molar-refractivity contribution is 7.99. The van der Waals surface area contributed by atoms with E-state index in [2.05, 4.69) is 17.0 Å². The van der Waals surface area contributed by atoms with E-state index in [0.717, 1.165) is 61.0 Å². The maximum atomic E-state index is 12.9. The number of rotatable bonds is 5. The highest BCUT2D eigenvalue weighted by Gasteiger charge is 2.29. The second-order valence-corrected chi connectivity index (χ2v) is 8.58. The molecular formula is C20H27N5O2S. The monoisotopic (exact) mass is 401 g/mol. The average molecular weight is 402 g/mol. The van der Waals surface area contributed by atoms with Crippen LogP contribution < -0.4 is 0 Å². The summed E-state index contributed by atoms with van der Waals surface area (Å²) in [7, 11) is 1.81. The molecule has 2 aliphatic heterocycles. The first kappa shape index (κ1) is 19.4. The number of piperidine rings is 1. The molecule has 150 valence electrons. The minimum atomic E-state index is 0.0457. The number of carbonyl (C=O) groups is 1. The Kier molecular flexibility index (Phi) is 5.96. The van der Waals surface area contributed by atoms with Gasteiger partial charge < -0.3 is 9.64 Å². The fraction of sp³-hybridized carbons (Fsp3) is 0.600. The number of nitrogens with zero attached hydrogens (tertiary/aromatic N) is 5. The molecule has 4 heterocycles. The minimum absolute atomic E-state index is 0.0457. The van der Waals surface area contributed by atoms with Gasteiger partial charge in [0.15, 0.2) is 5.16 Å². The average Bonchev–Trinajstić information content (AvgIpc) is 3.38. The third-order valence-corrected chi connectivity index (χ3v) is 6.54. The van der Waals surface area contributed by atoms with Crippen LogP contribution in [0.15, 0.2) is 23.6 Å². The number of amides is 1. The van der Waals surface area contributed by atoms with Crippen LogP contribution in [0.4, 0.5) is 0 Å². The lowest BCUT2D eigenvalue weighted by Gasteiger charge is -2.33. The molecule has 0 aliphatic carbocycles. The Morgan fingerprint density at radius 1 is 1.36 bits per heavy atom. The normalized spacial score (nSPS) is 22.6. The Morgan fingerprint density at radius 2 is 2.25 bits per heavy atom. The summed E-state index contributed by atoms with van der Waals surface area (Å²) in [5, 5.41) is 4.94. The van der Waals surface area contributed by atoms with E-state index in [4.69, 9.17) is 9.72 Å². The van der Waals surface area contributed by atoms with Gasteiger partial charge in [0.05, 0.1) is 11.8 Å². The number of likely N-dealkylation sites (tertiary alicyclic amines) is 1. The van der Waals surface area contributed by atoms with Crippen molar-refractivity contribution >= 4 is 17.7 Å². The van der Waals surface area contributed by atoms with E-state index >= 15 is 0 Å². The van der Waals surface area contributed by atoms with Crippen LogP contribution in [0.3, 0.4) is 0 Å². The summed E-state index contributed by atoms with van der Waals surface area (Å²) >= 11 is 1.67. The van der Waals surface area contributed by atoms with E-state index in [-0.39, 0.29) is 11.8 Å². The molecule has 2 atom stereocenters. The molecule has 2 saturated heterocycles. The van der Waals surface area contributed by atoms with Crippen LogP contribution in [0, 0.1) is 6.92 Å². The Balaban J connectivity index is 1.45. The number of carbonyl (C=O) groups excluding carboxylic acids is 1. The van der Waals surface area contributed by atoms with Crippen LogP contribution >= 0.6 is 11.8 Å². The van der Waals surface area contributed by atoms with Crippen LogP contribution in [-0.4, -0.2) is 62.1 Å². The van der Waals surface area contributed by atoms with Crippen molar-refractivity contribution in [1.82, 2.24) is 24.6 Å². The molecule has 28 heavy (non-hydrogen) atoms. The molecule has 0 unspecified atom stereocenters. The van der Waals surface area contributed by atoms with Crippen LogP contribution in [-0.2, 0) is 11.8 Å². The van der Waals surface area contributed by atoms with Crippen molar-refractivity contribution in [3.8, 4) is 0 Å². The van der Waals surface area contributed by atoms with E-state index < -0.39 is 0 Å². The fourth-order valence-corrected chi connectivity index (χ4v) is 4.88. The van der Waals surface area contributed by atoms with Crippen molar-refractivity contribution in [2.75, 3.05) is 25.4 Å². The van der Waals surface area contributed by atoms with E-state index in [0.29, 0.717) is 18.3 Å². The molecule has 0 saturated carbocycles. The van der Waals surface area contributed by atoms with Gasteiger partial charge in [-0.25, -0.2) is 9.97 Å². The molecule has 4 rings (SSSR count). The second-order valence-electron chi connectivity index (χ2n) is 7.60. The predicted octanol–water partition coefficient (Wildman–Crippen LogP) is 2.81. The Labute approximate surface area is 169 Å². The molecule has 0 aromatic carbocycles. The van der Waals surface area contributed by atoms with Gasteiger partial charge in [0.1, 0.15) is 5.69 Å². The van der Waals surface area contributed by atoms with Crippen molar-refractivity contribution in [1.29, 1.82) is 0 Å². The zero-order valence-electron chi connectivity index (χ0n) is 16.5. The van der Waals surface area contributed by atoms with Gasteiger partial charge in [-0.1, -0.05) is 11.8 Å². The lowest BCUT2D eigenvalue weighted by Crippen LogP contribution is -2.40. The highest BCUT2D eigenvalue weighted by atomic mass is 32.2. The van der Waals surface area contributed by atoms with Crippen molar-refractivity contribution in [3.05, 3.63) is 35.4 Å². The molecule has 0 radical (unpaired) electrons. The van der Waals surface area contributed by atoms with Gasteiger partial charge >= 0.3 is 0 Å². The van der Waals surface area contributed by atoms with Crippen LogP contribution in [0.1, 0.15) is 53.3 Å². The van der Waals surface area contributed by atoms with Gasteiger partial charge in [0.2, 0.25) is 0 Å². The number of ether oxygens (including phenoxy) is 1. The van der Waals surface area contributed by atoms with E-state index in [1.165, 1.54) is 0 Å². The van der Waals surface area contributed by atoms with E-state index in [9.17, 15) is 4.79 Å². The van der Waals surface area contributed by atoms with Gasteiger partial charge in [-0.2, -0.15) is 5.10 Å². The second kappa shape index (κ2) is 8.61. The first-order chi connectivity index (χ1) is 13.6. The maximum Gasteiger partial charge on any atom is 0.272 e. The Bertz CT molecular complexity index is 834. The van der Waals surface area contributed by atoms with Crippen molar-refractivity contribution in [2.24, 2.45) is 7.05 Å². The molecule has 7 nitrogen and oxygen atoms in total. The fourth-order valence-electron chi connectivity index (χ4n) is 3.99. The third kappa shape index (κ3) is 4.22. The first-order valence-corrected chi connectivity index (χ1v) is 11.0. The molecular weight excluding hydrogens is 374 g/mol. The molecule has 2 fully saturated rings. The maximum absolute atomic E-state index is 12.9.